The minimum Gasteiger partial charge on any atom is -0.433 e. The number of halogens is 3. The molecule has 166 valence electrons. The molecule has 0 bridgehead atoms. The zero-order valence-electron chi connectivity index (χ0n) is 17.3. The predicted molar refractivity (Wildman–Crippen MR) is 109 cm³/mol. The fraction of sp³-hybridized carbons (Fsp3) is 0.381. The number of pyridine rings is 1. The molecule has 0 spiro atoms. The van der Waals surface area contributed by atoms with Crippen LogP contribution in [0.1, 0.15) is 43.2 Å². The normalized spacial score (nSPS) is 20.7. The van der Waals surface area contributed by atoms with E-state index in [4.69, 9.17) is 10.5 Å². The highest BCUT2D eigenvalue weighted by atomic mass is 19.3. The molecule has 0 aliphatic carbocycles. The summed E-state index contributed by atoms with van der Waals surface area (Å²) in [6.07, 6.45) is 1.38. The van der Waals surface area contributed by atoms with Crippen molar-refractivity contribution >= 4 is 17.4 Å². The van der Waals surface area contributed by atoms with E-state index in [-0.39, 0.29) is 29.4 Å². The Bertz CT molecular complexity index is 996. The molecule has 0 fully saturated rings. The monoisotopic (exact) mass is 436 g/mol. The number of rotatable bonds is 5. The number of hydrogen-bond acceptors (Lipinski definition) is 6. The predicted octanol–water partition coefficient (Wildman–Crippen LogP) is 3.85. The van der Waals surface area contributed by atoms with Gasteiger partial charge in [-0.25, -0.2) is 9.37 Å². The summed E-state index contributed by atoms with van der Waals surface area (Å²) < 4.78 is 49.2. The molecule has 3 N–H and O–H groups in total. The van der Waals surface area contributed by atoms with Crippen molar-refractivity contribution in [2.24, 2.45) is 10.7 Å². The van der Waals surface area contributed by atoms with E-state index in [2.05, 4.69) is 20.0 Å². The summed E-state index contributed by atoms with van der Waals surface area (Å²) in [4.78, 5) is 20.8. The van der Waals surface area contributed by atoms with Crippen molar-refractivity contribution in [1.82, 2.24) is 4.98 Å². The number of hydrogen-bond donors (Lipinski definition) is 2. The van der Waals surface area contributed by atoms with Crippen molar-refractivity contribution in [1.29, 1.82) is 0 Å². The number of amidine groups is 1. The lowest BCUT2D eigenvalue weighted by molar-refractivity contribution is -0.0500. The lowest BCUT2D eigenvalue weighted by atomic mass is 9.82. The topological polar surface area (TPSA) is 98.8 Å². The van der Waals surface area contributed by atoms with Gasteiger partial charge >= 0.3 is 6.61 Å². The summed E-state index contributed by atoms with van der Waals surface area (Å²) in [7, 11) is 0. The van der Waals surface area contributed by atoms with E-state index >= 15 is 0 Å². The Balaban J connectivity index is 1.85. The molecule has 1 aliphatic heterocycles. The number of amides is 1. The van der Waals surface area contributed by atoms with Crippen LogP contribution in [-0.2, 0) is 10.3 Å². The number of nitrogens with two attached hydrogens (primary N) is 1. The molecule has 31 heavy (non-hydrogen) atoms. The van der Waals surface area contributed by atoms with E-state index in [1.165, 1.54) is 30.3 Å². The zero-order valence-corrected chi connectivity index (χ0v) is 17.3. The van der Waals surface area contributed by atoms with Crippen LogP contribution in [0.15, 0.2) is 41.5 Å². The first-order valence-corrected chi connectivity index (χ1v) is 9.48. The molecule has 3 rings (SSSR count). The van der Waals surface area contributed by atoms with Gasteiger partial charge in [0.2, 0.25) is 0 Å². The molecule has 1 amide bonds. The Morgan fingerprint density at radius 2 is 2.00 bits per heavy atom. The van der Waals surface area contributed by atoms with Crippen LogP contribution in [-0.4, -0.2) is 35.5 Å². The highest BCUT2D eigenvalue weighted by Crippen LogP contribution is 2.39. The number of carbonyl (C=O) groups is 1. The third-order valence-corrected chi connectivity index (χ3v) is 4.77. The molecule has 0 radical (unpaired) electrons. The van der Waals surface area contributed by atoms with Gasteiger partial charge in [0, 0.05) is 17.7 Å². The molecule has 0 saturated carbocycles. The second-order valence-electron chi connectivity index (χ2n) is 8.01. The molecule has 2 aromatic rings. The Labute approximate surface area is 177 Å². The van der Waals surface area contributed by atoms with E-state index in [0.717, 1.165) is 6.20 Å². The zero-order chi connectivity index (χ0) is 22.8. The van der Waals surface area contributed by atoms with E-state index in [0.29, 0.717) is 12.1 Å². The Morgan fingerprint density at radius 1 is 1.26 bits per heavy atom. The molecule has 1 atom stereocenters. The van der Waals surface area contributed by atoms with E-state index in [1.54, 1.807) is 6.92 Å². The van der Waals surface area contributed by atoms with Crippen molar-refractivity contribution < 1.29 is 27.4 Å². The fourth-order valence-electron chi connectivity index (χ4n) is 3.59. The van der Waals surface area contributed by atoms with Gasteiger partial charge in [0.15, 0.2) is 0 Å². The van der Waals surface area contributed by atoms with Gasteiger partial charge in [-0.2, -0.15) is 8.78 Å². The fourth-order valence-corrected chi connectivity index (χ4v) is 3.59. The highest BCUT2D eigenvalue weighted by Gasteiger charge is 2.39. The van der Waals surface area contributed by atoms with E-state index < -0.39 is 29.5 Å². The largest absolute Gasteiger partial charge is 0.433 e. The van der Waals surface area contributed by atoms with Crippen LogP contribution < -0.4 is 15.8 Å². The van der Waals surface area contributed by atoms with Gasteiger partial charge in [-0.05, 0) is 51.1 Å². The van der Waals surface area contributed by atoms with E-state index in [9.17, 15) is 18.0 Å². The van der Waals surface area contributed by atoms with Crippen molar-refractivity contribution in [3.05, 3.63) is 53.6 Å². The van der Waals surface area contributed by atoms with Gasteiger partial charge in [-0.3, -0.25) is 9.79 Å². The Kier molecular flexibility index (Phi) is 6.21. The molecule has 0 saturated heterocycles. The lowest BCUT2D eigenvalue weighted by Gasteiger charge is -2.33. The first-order valence-electron chi connectivity index (χ1n) is 9.48. The average Bonchev–Trinajstić information content (AvgIpc) is 2.78. The number of aliphatic imine (C=N–C) groups is 1. The van der Waals surface area contributed by atoms with Crippen LogP contribution in [0, 0.1) is 5.82 Å². The molecule has 7 nitrogen and oxygen atoms in total. The SMILES string of the molecule is CC1(C)C[C@@](C)(c2cc(NC(=O)c3ccc(OC(F)F)cn3)ccc2F)N=C(N)CO1. The first-order chi connectivity index (χ1) is 14.5. The number of nitrogens with zero attached hydrogens (tertiary/aromatic N) is 2. The molecular formula is C21H23F3N4O3. The van der Waals surface area contributed by atoms with Crippen molar-refractivity contribution in [3.8, 4) is 5.75 Å². The van der Waals surface area contributed by atoms with Crippen molar-refractivity contribution in [2.75, 3.05) is 11.9 Å². The Hall–Kier alpha value is -3.14. The average molecular weight is 436 g/mol. The van der Waals surface area contributed by atoms with E-state index in [1.807, 2.05) is 13.8 Å². The lowest BCUT2D eigenvalue weighted by Crippen LogP contribution is -2.33. The summed E-state index contributed by atoms with van der Waals surface area (Å²) in [5.41, 5.74) is 4.85. The summed E-state index contributed by atoms with van der Waals surface area (Å²) in [6, 6.07) is 6.57. The quantitative estimate of drug-likeness (QED) is 0.742. The minimum absolute atomic E-state index is 0.0232. The van der Waals surface area contributed by atoms with Gasteiger partial charge in [0.1, 0.15) is 29.7 Å². The number of anilines is 1. The van der Waals surface area contributed by atoms with Gasteiger partial charge < -0.3 is 20.5 Å². The molecule has 10 heteroatoms. The second kappa shape index (κ2) is 8.54. The van der Waals surface area contributed by atoms with Crippen LogP contribution in [0.3, 0.4) is 0 Å². The number of carbonyl (C=O) groups excluding carboxylic acids is 1. The van der Waals surface area contributed by atoms with Gasteiger partial charge in [0.25, 0.3) is 5.91 Å². The van der Waals surface area contributed by atoms with Crippen LogP contribution in [0.4, 0.5) is 18.9 Å². The first kappa shape index (κ1) is 22.5. The highest BCUT2D eigenvalue weighted by molar-refractivity contribution is 6.02. The maximum atomic E-state index is 14.8. The summed E-state index contributed by atoms with van der Waals surface area (Å²) in [5, 5.41) is 2.62. The summed E-state index contributed by atoms with van der Waals surface area (Å²) in [6.45, 7) is 2.64. The van der Waals surface area contributed by atoms with Gasteiger partial charge in [-0.15, -0.1) is 0 Å². The number of alkyl halides is 2. The van der Waals surface area contributed by atoms with Crippen molar-refractivity contribution in [2.45, 2.75) is 44.9 Å². The number of benzene rings is 1. The minimum atomic E-state index is -2.99. The molecular weight excluding hydrogens is 413 g/mol. The maximum absolute atomic E-state index is 14.8. The maximum Gasteiger partial charge on any atom is 0.387 e. The van der Waals surface area contributed by atoms with Crippen LogP contribution in [0.25, 0.3) is 0 Å². The van der Waals surface area contributed by atoms with Crippen LogP contribution in [0.5, 0.6) is 5.75 Å². The van der Waals surface area contributed by atoms with Crippen molar-refractivity contribution in [3.63, 3.8) is 0 Å². The third-order valence-electron chi connectivity index (χ3n) is 4.77. The Morgan fingerprint density at radius 3 is 2.65 bits per heavy atom. The van der Waals surface area contributed by atoms with Crippen LogP contribution in [0.2, 0.25) is 0 Å². The molecule has 2 heterocycles. The molecule has 0 unspecified atom stereocenters. The standard InChI is InChI=1S/C21H23F3N4O3/c1-20(2)11-21(3,28-17(25)10-30-20)14-8-12(4-6-15(14)22)27-18(29)16-7-5-13(9-26-16)31-19(23)24/h4-9,19H,10-11H2,1-3H3,(H2,25,28)(H,27,29)/t21-/m0/s1. The summed E-state index contributed by atoms with van der Waals surface area (Å²) in [5.74, 6) is -1.02. The van der Waals surface area contributed by atoms with Crippen LogP contribution >= 0.6 is 0 Å². The number of nitrogens with one attached hydrogen (secondary N) is 1. The molecule has 1 aromatic carbocycles. The second-order valence-corrected chi connectivity index (χ2v) is 8.01. The summed E-state index contributed by atoms with van der Waals surface area (Å²) >= 11 is 0. The third kappa shape index (κ3) is 5.52. The van der Waals surface area contributed by atoms with Gasteiger partial charge in [-0.1, -0.05) is 0 Å². The van der Waals surface area contributed by atoms with Gasteiger partial charge in [0.05, 0.1) is 17.3 Å². The molecule has 1 aliphatic rings. The smallest absolute Gasteiger partial charge is 0.387 e. The number of aromatic nitrogens is 1. The number of ether oxygens (including phenoxy) is 2. The molecule has 1 aromatic heterocycles.